The third kappa shape index (κ3) is 4.74. The van der Waals surface area contributed by atoms with Crippen molar-refractivity contribution in [2.24, 2.45) is 5.92 Å². The second kappa shape index (κ2) is 8.20. The van der Waals surface area contributed by atoms with Gasteiger partial charge < -0.3 is 10.0 Å². The van der Waals surface area contributed by atoms with E-state index < -0.39 is 16.0 Å². The second-order valence-electron chi connectivity index (χ2n) is 6.42. The van der Waals surface area contributed by atoms with Crippen LogP contribution in [0.2, 0.25) is 0 Å². The van der Waals surface area contributed by atoms with Gasteiger partial charge in [0.1, 0.15) is 4.21 Å². The summed E-state index contributed by atoms with van der Waals surface area (Å²) in [7, 11) is -3.66. The number of carboxylic acids is 1. The minimum atomic E-state index is -3.66. The number of carbonyl (C=O) groups excluding carboxylic acids is 1. The van der Waals surface area contributed by atoms with Crippen LogP contribution in [-0.4, -0.2) is 49.9 Å². The van der Waals surface area contributed by atoms with Gasteiger partial charge in [-0.25, -0.2) is 17.9 Å². The van der Waals surface area contributed by atoms with E-state index in [1.165, 1.54) is 6.07 Å². The first kappa shape index (κ1) is 19.5. The topological polar surface area (TPSA) is 104 Å². The first-order valence-electron chi connectivity index (χ1n) is 8.49. The molecule has 7 nitrogen and oxygen atoms in total. The van der Waals surface area contributed by atoms with Gasteiger partial charge in [0.25, 0.3) is 10.0 Å². The van der Waals surface area contributed by atoms with Crippen LogP contribution in [0.3, 0.4) is 0 Å². The summed E-state index contributed by atoms with van der Waals surface area (Å²) in [6.45, 7) is 0.756. The van der Waals surface area contributed by atoms with E-state index in [-0.39, 0.29) is 28.1 Å². The van der Waals surface area contributed by atoms with Crippen LogP contribution in [0, 0.1) is 5.92 Å². The summed E-state index contributed by atoms with van der Waals surface area (Å²) in [5.74, 6) is -1.08. The van der Waals surface area contributed by atoms with Crippen LogP contribution >= 0.6 is 11.3 Å². The predicted molar refractivity (Wildman–Crippen MR) is 101 cm³/mol. The number of amides is 1. The van der Waals surface area contributed by atoms with E-state index in [0.29, 0.717) is 19.5 Å². The van der Waals surface area contributed by atoms with Crippen molar-refractivity contribution in [3.05, 3.63) is 52.9 Å². The molecule has 9 heteroatoms. The van der Waals surface area contributed by atoms with Gasteiger partial charge in [-0.15, -0.1) is 11.3 Å². The lowest BCUT2D eigenvalue weighted by Crippen LogP contribution is -2.39. The maximum absolute atomic E-state index is 12.3. The molecule has 1 aliphatic rings. The van der Waals surface area contributed by atoms with E-state index >= 15 is 0 Å². The lowest BCUT2D eigenvalue weighted by molar-refractivity contribution is -0.129. The monoisotopic (exact) mass is 408 g/mol. The molecular weight excluding hydrogens is 388 g/mol. The smallest absolute Gasteiger partial charge is 0.335 e. The third-order valence-electron chi connectivity index (χ3n) is 4.57. The Balaban J connectivity index is 1.55. The summed E-state index contributed by atoms with van der Waals surface area (Å²) in [6, 6.07) is 10.00. The molecule has 0 saturated carbocycles. The van der Waals surface area contributed by atoms with Crippen molar-refractivity contribution in [2.45, 2.75) is 17.1 Å². The fourth-order valence-corrected chi connectivity index (χ4v) is 5.21. The molecule has 1 aromatic heterocycles. The Morgan fingerprint density at radius 1 is 1.22 bits per heavy atom. The van der Waals surface area contributed by atoms with Crippen LogP contribution in [0.25, 0.3) is 0 Å². The molecule has 1 amide bonds. The summed E-state index contributed by atoms with van der Waals surface area (Å²) < 4.78 is 26.7. The maximum atomic E-state index is 12.3. The summed E-state index contributed by atoms with van der Waals surface area (Å²) in [5.41, 5.74) is 1.04. The van der Waals surface area contributed by atoms with Gasteiger partial charge in [0.15, 0.2) is 0 Å². The van der Waals surface area contributed by atoms with Gasteiger partial charge in [-0.3, -0.25) is 4.79 Å². The summed E-state index contributed by atoms with van der Waals surface area (Å²) in [4.78, 5) is 25.3. The molecular formula is C18H20N2O5S2. The van der Waals surface area contributed by atoms with Crippen molar-refractivity contribution in [1.82, 2.24) is 9.62 Å². The highest BCUT2D eigenvalue weighted by Crippen LogP contribution is 2.23. The number of aromatic carboxylic acids is 1. The highest BCUT2D eigenvalue weighted by Gasteiger charge is 2.28. The quantitative estimate of drug-likeness (QED) is 0.727. The zero-order valence-corrected chi connectivity index (χ0v) is 16.1. The molecule has 27 heavy (non-hydrogen) atoms. The molecule has 3 rings (SSSR count). The van der Waals surface area contributed by atoms with E-state index in [4.69, 9.17) is 0 Å². The molecule has 1 saturated heterocycles. The molecule has 0 radical (unpaired) electrons. The number of sulfonamides is 1. The summed E-state index contributed by atoms with van der Waals surface area (Å²) in [5, 5.41) is 10.9. The van der Waals surface area contributed by atoms with Crippen LogP contribution in [0.4, 0.5) is 0 Å². The molecule has 1 atom stereocenters. The van der Waals surface area contributed by atoms with Crippen molar-refractivity contribution >= 4 is 33.2 Å². The minimum Gasteiger partial charge on any atom is -0.478 e. The standard InChI is InChI=1S/C18H20N2O5S2/c21-16(11-19-27(24,25)17-6-3-9-26-17)20-8-7-13(12-20)10-14-4-1-2-5-15(14)18(22)23/h1-6,9,13,19H,7-8,10-12H2,(H,22,23). The van der Waals surface area contributed by atoms with Gasteiger partial charge in [0, 0.05) is 13.1 Å². The number of hydrogen-bond donors (Lipinski definition) is 2. The Bertz CT molecular complexity index is 925. The van der Waals surface area contributed by atoms with E-state index in [9.17, 15) is 23.1 Å². The molecule has 2 N–H and O–H groups in total. The highest BCUT2D eigenvalue weighted by molar-refractivity contribution is 7.91. The zero-order valence-electron chi connectivity index (χ0n) is 14.5. The van der Waals surface area contributed by atoms with Gasteiger partial charge in [-0.2, -0.15) is 0 Å². The number of likely N-dealkylation sites (tertiary alicyclic amines) is 1. The molecule has 1 unspecified atom stereocenters. The summed E-state index contributed by atoms with van der Waals surface area (Å²) >= 11 is 1.10. The van der Waals surface area contributed by atoms with E-state index in [0.717, 1.165) is 23.3 Å². The second-order valence-corrected chi connectivity index (χ2v) is 9.36. The van der Waals surface area contributed by atoms with Crippen LogP contribution in [0.5, 0.6) is 0 Å². The first-order chi connectivity index (χ1) is 12.9. The fourth-order valence-electron chi connectivity index (χ4n) is 3.20. The number of benzene rings is 1. The van der Waals surface area contributed by atoms with Crippen molar-refractivity contribution in [1.29, 1.82) is 0 Å². The number of nitrogens with one attached hydrogen (secondary N) is 1. The third-order valence-corrected chi connectivity index (χ3v) is 7.37. The van der Waals surface area contributed by atoms with Crippen molar-refractivity contribution in [3.8, 4) is 0 Å². The number of carbonyl (C=O) groups is 2. The first-order valence-corrected chi connectivity index (χ1v) is 10.9. The van der Waals surface area contributed by atoms with E-state index in [1.54, 1.807) is 40.6 Å². The van der Waals surface area contributed by atoms with Gasteiger partial charge in [-0.1, -0.05) is 24.3 Å². The van der Waals surface area contributed by atoms with Crippen molar-refractivity contribution in [2.75, 3.05) is 19.6 Å². The van der Waals surface area contributed by atoms with Gasteiger partial charge in [0.05, 0.1) is 12.1 Å². The van der Waals surface area contributed by atoms with E-state index in [2.05, 4.69) is 4.72 Å². The Kier molecular flexibility index (Phi) is 5.93. The van der Waals surface area contributed by atoms with Crippen LogP contribution in [-0.2, 0) is 21.2 Å². The number of carboxylic acid groups (broad SMARTS) is 1. The largest absolute Gasteiger partial charge is 0.478 e. The van der Waals surface area contributed by atoms with Crippen LogP contribution in [0.1, 0.15) is 22.3 Å². The molecule has 0 bridgehead atoms. The Labute approximate surface area is 161 Å². The van der Waals surface area contributed by atoms with E-state index in [1.807, 2.05) is 0 Å². The number of thiophene rings is 1. The Morgan fingerprint density at radius 2 is 2.00 bits per heavy atom. The zero-order chi connectivity index (χ0) is 19.4. The highest BCUT2D eigenvalue weighted by atomic mass is 32.2. The predicted octanol–water partition coefficient (Wildman–Crippen LogP) is 1.82. The normalized spacial score (nSPS) is 17.2. The van der Waals surface area contributed by atoms with Crippen molar-refractivity contribution < 1.29 is 23.1 Å². The SMILES string of the molecule is O=C(O)c1ccccc1CC1CCN(C(=O)CNS(=O)(=O)c2cccs2)C1. The average Bonchev–Trinajstić information content (AvgIpc) is 3.32. The van der Waals surface area contributed by atoms with Crippen LogP contribution in [0.15, 0.2) is 46.0 Å². The molecule has 0 spiro atoms. The molecule has 2 aromatic rings. The Hall–Kier alpha value is -2.23. The van der Waals surface area contributed by atoms with Crippen molar-refractivity contribution in [3.63, 3.8) is 0 Å². The molecule has 0 aliphatic carbocycles. The number of hydrogen-bond acceptors (Lipinski definition) is 5. The van der Waals surface area contributed by atoms with Crippen LogP contribution < -0.4 is 4.72 Å². The Morgan fingerprint density at radius 3 is 2.70 bits per heavy atom. The van der Waals surface area contributed by atoms with Gasteiger partial charge in [-0.05, 0) is 41.8 Å². The minimum absolute atomic E-state index is 0.156. The lowest BCUT2D eigenvalue weighted by Gasteiger charge is -2.17. The molecule has 1 fully saturated rings. The lowest BCUT2D eigenvalue weighted by atomic mass is 9.95. The molecule has 1 aromatic carbocycles. The number of nitrogens with zero attached hydrogens (tertiary/aromatic N) is 1. The van der Waals surface area contributed by atoms with Gasteiger partial charge >= 0.3 is 5.97 Å². The number of rotatable bonds is 7. The molecule has 2 heterocycles. The average molecular weight is 409 g/mol. The van der Waals surface area contributed by atoms with Gasteiger partial charge in [0.2, 0.25) is 5.91 Å². The summed E-state index contributed by atoms with van der Waals surface area (Å²) in [6.07, 6.45) is 1.34. The molecule has 144 valence electrons. The maximum Gasteiger partial charge on any atom is 0.335 e. The fraction of sp³-hybridized carbons (Fsp3) is 0.333. The molecule has 1 aliphatic heterocycles.